The van der Waals surface area contributed by atoms with Crippen LogP contribution in [0.2, 0.25) is 0 Å². The Morgan fingerprint density at radius 3 is 2.79 bits per heavy atom. The van der Waals surface area contributed by atoms with Gasteiger partial charge < -0.3 is 24.0 Å². The Labute approximate surface area is 142 Å². The standard InChI is InChI=1S/C18H25O5P/c1-18-9-8-14-13-5-3-12(19)10-11(13)2-4-15(14)16(18)6-7-17(18)23-24(20,21)22/h3,5,10,14-17,19H,2,4,6-9H2,1H3,(H2,20,21,22)/p-2/t14-,15+,16+,17+,18+/m1/s1. The van der Waals surface area contributed by atoms with Crippen molar-refractivity contribution in [2.75, 3.05) is 0 Å². The molecule has 0 aliphatic heterocycles. The van der Waals surface area contributed by atoms with Gasteiger partial charge in [0.2, 0.25) is 0 Å². The molecule has 5 atom stereocenters. The summed E-state index contributed by atoms with van der Waals surface area (Å²) in [6, 6.07) is 5.70. The highest BCUT2D eigenvalue weighted by Crippen LogP contribution is 2.62. The van der Waals surface area contributed by atoms with Gasteiger partial charge in [0, 0.05) is 0 Å². The maximum atomic E-state index is 11.1. The van der Waals surface area contributed by atoms with Crippen LogP contribution in [0.25, 0.3) is 0 Å². The molecule has 2 fully saturated rings. The third-order valence-corrected chi connectivity index (χ3v) is 7.39. The average molecular weight is 350 g/mol. The molecule has 1 aromatic carbocycles. The van der Waals surface area contributed by atoms with Crippen molar-refractivity contribution in [2.45, 2.75) is 57.5 Å². The van der Waals surface area contributed by atoms with Crippen LogP contribution < -0.4 is 9.79 Å². The minimum Gasteiger partial charge on any atom is -0.790 e. The first-order chi connectivity index (χ1) is 11.3. The molecule has 1 N–H and O–H groups in total. The van der Waals surface area contributed by atoms with Crippen molar-refractivity contribution < 1.29 is 24.0 Å². The van der Waals surface area contributed by atoms with Gasteiger partial charge in [0.25, 0.3) is 0 Å². The molecule has 2 saturated carbocycles. The van der Waals surface area contributed by atoms with Gasteiger partial charge in [-0.05, 0) is 85.0 Å². The molecule has 4 rings (SSSR count). The van der Waals surface area contributed by atoms with Crippen LogP contribution in [-0.4, -0.2) is 11.2 Å². The van der Waals surface area contributed by atoms with Gasteiger partial charge in [-0.1, -0.05) is 13.0 Å². The van der Waals surface area contributed by atoms with Gasteiger partial charge in [0.15, 0.2) is 0 Å². The summed E-state index contributed by atoms with van der Waals surface area (Å²) in [5, 5.41) is 9.72. The second-order valence-electron chi connectivity index (χ2n) is 7.96. The number of hydrogen-bond donors (Lipinski definition) is 1. The summed E-state index contributed by atoms with van der Waals surface area (Å²) in [7, 11) is -4.94. The van der Waals surface area contributed by atoms with E-state index in [2.05, 4.69) is 13.0 Å². The van der Waals surface area contributed by atoms with Gasteiger partial charge in [-0.15, -0.1) is 0 Å². The number of phenolic OH excluding ortho intramolecular Hbond substituents is 1. The predicted octanol–water partition coefficient (Wildman–Crippen LogP) is 2.46. The van der Waals surface area contributed by atoms with E-state index in [1.807, 2.05) is 6.07 Å². The first-order valence-corrected chi connectivity index (χ1v) is 10.3. The Kier molecular flexibility index (Phi) is 3.85. The van der Waals surface area contributed by atoms with Gasteiger partial charge in [-0.25, -0.2) is 0 Å². The van der Waals surface area contributed by atoms with E-state index in [1.54, 1.807) is 6.07 Å². The van der Waals surface area contributed by atoms with Crippen LogP contribution in [0.15, 0.2) is 18.2 Å². The van der Waals surface area contributed by atoms with E-state index < -0.39 is 13.9 Å². The van der Waals surface area contributed by atoms with Gasteiger partial charge >= 0.3 is 0 Å². The smallest absolute Gasteiger partial charge is 0.115 e. The lowest BCUT2D eigenvalue weighted by atomic mass is 9.55. The lowest BCUT2D eigenvalue weighted by Crippen LogP contribution is -2.45. The van der Waals surface area contributed by atoms with Crippen molar-refractivity contribution in [2.24, 2.45) is 17.3 Å². The van der Waals surface area contributed by atoms with Crippen LogP contribution in [0.5, 0.6) is 5.75 Å². The fraction of sp³-hybridized carbons (Fsp3) is 0.667. The zero-order valence-electron chi connectivity index (χ0n) is 13.8. The first kappa shape index (κ1) is 16.6. The molecule has 0 spiro atoms. The van der Waals surface area contributed by atoms with Crippen LogP contribution in [0.3, 0.4) is 0 Å². The van der Waals surface area contributed by atoms with Crippen LogP contribution in [-0.2, 0) is 15.5 Å². The number of aryl methyl sites for hydroxylation is 1. The van der Waals surface area contributed by atoms with Crippen molar-refractivity contribution in [3.8, 4) is 5.75 Å². The highest BCUT2D eigenvalue weighted by atomic mass is 31.2. The SMILES string of the molecule is C[C@]12CC[C@@H]3c4ccc(O)cc4CC[C@@H]3[C@@H]1CC[C@@H]2OP(=O)([O-])[O-]. The number of fused-ring (bicyclic) bond motifs is 5. The van der Waals surface area contributed by atoms with Gasteiger partial charge in [-0.3, -0.25) is 0 Å². The molecular formula is C18H23O5P-2. The van der Waals surface area contributed by atoms with E-state index in [4.69, 9.17) is 4.52 Å². The van der Waals surface area contributed by atoms with Gasteiger partial charge in [0.1, 0.15) is 5.75 Å². The number of benzene rings is 1. The van der Waals surface area contributed by atoms with E-state index in [1.165, 1.54) is 11.1 Å². The molecule has 6 heteroatoms. The Hall–Kier alpha value is -0.870. The number of aromatic hydroxyl groups is 1. The quantitative estimate of drug-likeness (QED) is 0.827. The fourth-order valence-electron chi connectivity index (χ4n) is 5.85. The molecule has 24 heavy (non-hydrogen) atoms. The molecule has 0 aromatic heterocycles. The molecule has 0 unspecified atom stereocenters. The average Bonchev–Trinajstić information content (AvgIpc) is 2.82. The number of hydrogen-bond acceptors (Lipinski definition) is 5. The van der Waals surface area contributed by atoms with E-state index >= 15 is 0 Å². The van der Waals surface area contributed by atoms with Gasteiger partial charge in [-0.2, -0.15) is 0 Å². The predicted molar refractivity (Wildman–Crippen MR) is 85.2 cm³/mol. The van der Waals surface area contributed by atoms with Crippen LogP contribution in [0.1, 0.15) is 56.1 Å². The normalized spacial score (nSPS) is 38.3. The lowest BCUT2D eigenvalue weighted by molar-refractivity contribution is -0.347. The van der Waals surface area contributed by atoms with Crippen molar-refractivity contribution in [1.82, 2.24) is 0 Å². The Morgan fingerprint density at radius 1 is 1.25 bits per heavy atom. The van der Waals surface area contributed by atoms with E-state index in [0.29, 0.717) is 29.9 Å². The van der Waals surface area contributed by atoms with Crippen LogP contribution in [0.4, 0.5) is 0 Å². The maximum Gasteiger partial charge on any atom is 0.115 e. The Bertz CT molecular complexity index is 699. The topological polar surface area (TPSA) is 92.7 Å². The minimum atomic E-state index is -4.94. The summed E-state index contributed by atoms with van der Waals surface area (Å²) < 4.78 is 16.1. The fourth-order valence-corrected chi connectivity index (χ4v) is 6.51. The number of phenols is 1. The van der Waals surface area contributed by atoms with Crippen LogP contribution >= 0.6 is 7.82 Å². The zero-order chi connectivity index (χ0) is 17.1. The monoisotopic (exact) mass is 350 g/mol. The van der Waals surface area contributed by atoms with E-state index in [9.17, 15) is 19.5 Å². The second-order valence-corrected chi connectivity index (χ2v) is 9.07. The third kappa shape index (κ3) is 2.62. The molecular weight excluding hydrogens is 327 g/mol. The molecule has 3 aliphatic carbocycles. The largest absolute Gasteiger partial charge is 0.790 e. The highest BCUT2D eigenvalue weighted by Gasteiger charge is 2.55. The summed E-state index contributed by atoms with van der Waals surface area (Å²) in [5.74, 6) is 1.70. The molecule has 0 bridgehead atoms. The van der Waals surface area contributed by atoms with Crippen molar-refractivity contribution >= 4 is 7.82 Å². The van der Waals surface area contributed by atoms with Crippen molar-refractivity contribution in [3.63, 3.8) is 0 Å². The molecule has 0 saturated heterocycles. The summed E-state index contributed by atoms with van der Waals surface area (Å²) in [6.07, 6.45) is 4.98. The number of phosphoric acid groups is 1. The number of phosphoric ester groups is 1. The summed E-state index contributed by atoms with van der Waals surface area (Å²) >= 11 is 0. The highest BCUT2D eigenvalue weighted by molar-refractivity contribution is 7.43. The van der Waals surface area contributed by atoms with Gasteiger partial charge in [0.05, 0.1) is 13.9 Å². The molecule has 132 valence electrons. The van der Waals surface area contributed by atoms with Crippen molar-refractivity contribution in [3.05, 3.63) is 29.3 Å². The maximum absolute atomic E-state index is 11.1. The second kappa shape index (κ2) is 5.57. The minimum absolute atomic E-state index is 0.222. The molecule has 0 radical (unpaired) electrons. The lowest BCUT2D eigenvalue weighted by Gasteiger charge is -2.51. The molecule has 3 aliphatic rings. The molecule has 5 nitrogen and oxygen atoms in total. The molecule has 0 heterocycles. The van der Waals surface area contributed by atoms with Crippen LogP contribution in [0, 0.1) is 17.3 Å². The van der Waals surface area contributed by atoms with Crippen molar-refractivity contribution in [1.29, 1.82) is 0 Å². The van der Waals surface area contributed by atoms with E-state index in [-0.39, 0.29) is 5.41 Å². The summed E-state index contributed by atoms with van der Waals surface area (Å²) in [4.78, 5) is 22.2. The number of rotatable bonds is 2. The zero-order valence-corrected chi connectivity index (χ0v) is 14.7. The Morgan fingerprint density at radius 2 is 2.04 bits per heavy atom. The van der Waals surface area contributed by atoms with E-state index in [0.717, 1.165) is 32.1 Å². The molecule has 0 amide bonds. The molecule has 1 aromatic rings. The third-order valence-electron chi connectivity index (χ3n) is 6.88. The summed E-state index contributed by atoms with van der Waals surface area (Å²) in [6.45, 7) is 2.10. The summed E-state index contributed by atoms with van der Waals surface area (Å²) in [5.41, 5.74) is 2.36. The first-order valence-electron chi connectivity index (χ1n) is 8.80. The Balaban J connectivity index is 1.62.